The Morgan fingerprint density at radius 3 is 1.45 bits per heavy atom. The minimum Gasteiger partial charge on any atom is -0.465 e. The van der Waals surface area contributed by atoms with E-state index in [1.165, 1.54) is 218 Å². The molecule has 388 valence electrons. The molecule has 0 heterocycles. The van der Waals surface area contributed by atoms with Gasteiger partial charge in [-0.1, -0.05) is 227 Å². The molecular formula is C58H116N2O5. The first kappa shape index (κ1) is 62.3. The van der Waals surface area contributed by atoms with Gasteiger partial charge in [0.15, 0.2) is 0 Å². The fraction of sp³-hybridized carbons (Fsp3) is 0.983. The Kier molecular flexibility index (Phi) is 47.6. The lowest BCUT2D eigenvalue weighted by Crippen LogP contribution is -2.49. The van der Waals surface area contributed by atoms with Crippen molar-refractivity contribution in [1.82, 2.24) is 9.80 Å². The molecular weight excluding hydrogens is 805 g/mol. The Morgan fingerprint density at radius 2 is 0.969 bits per heavy atom. The third-order valence-corrected chi connectivity index (χ3v) is 14.5. The van der Waals surface area contributed by atoms with Crippen molar-refractivity contribution in [2.75, 3.05) is 65.8 Å². The SMILES string of the molecule is CCCCCCCCCCCCCCOCC(CN(CCN(CCO)CCCCCC(=O)OCC(CCCCCCCC)CCCCCCCC)C1CCC1)OCCCCCCCCC. The largest absolute Gasteiger partial charge is 0.465 e. The van der Waals surface area contributed by atoms with E-state index in [0.717, 1.165) is 71.5 Å². The number of esters is 1. The predicted octanol–water partition coefficient (Wildman–Crippen LogP) is 16.2. The molecule has 0 spiro atoms. The molecule has 1 rings (SSSR count). The molecule has 0 bridgehead atoms. The molecule has 7 nitrogen and oxygen atoms in total. The molecule has 0 aliphatic heterocycles. The number of rotatable bonds is 54. The number of carbonyl (C=O) groups excluding carboxylic acids is 1. The summed E-state index contributed by atoms with van der Waals surface area (Å²) in [7, 11) is 0. The van der Waals surface area contributed by atoms with Crippen LogP contribution in [-0.2, 0) is 19.0 Å². The van der Waals surface area contributed by atoms with Crippen molar-refractivity contribution in [3.8, 4) is 0 Å². The van der Waals surface area contributed by atoms with Crippen LogP contribution in [0, 0.1) is 5.92 Å². The number of hydrogen-bond acceptors (Lipinski definition) is 7. The van der Waals surface area contributed by atoms with Crippen LogP contribution >= 0.6 is 0 Å². The molecule has 1 unspecified atom stereocenters. The molecule has 0 radical (unpaired) electrons. The maximum atomic E-state index is 12.9. The summed E-state index contributed by atoms with van der Waals surface area (Å²) in [6.45, 7) is 16.9. The standard InChI is InChI=1S/C58H116N2O5/c1-5-9-13-17-21-22-23-24-25-27-30-37-50-63-54-57(64-51-38-31-26-18-14-10-6-2)52-60(56-42-39-43-56)47-46-59(48-49-61)45-36-32-35-44-58(62)65-53-55(40-33-28-19-15-11-7-3)41-34-29-20-16-12-8-4/h55-57,61H,5-54H2,1-4H3. The highest BCUT2D eigenvalue weighted by Gasteiger charge is 2.28. The fourth-order valence-corrected chi connectivity index (χ4v) is 9.71. The van der Waals surface area contributed by atoms with Gasteiger partial charge in [-0.05, 0) is 63.8 Å². The molecule has 1 saturated carbocycles. The summed E-state index contributed by atoms with van der Waals surface area (Å²) in [6.07, 6.45) is 51.2. The van der Waals surface area contributed by atoms with Gasteiger partial charge >= 0.3 is 5.97 Å². The Bertz CT molecular complexity index is 933. The average Bonchev–Trinajstić information content (AvgIpc) is 3.29. The van der Waals surface area contributed by atoms with Gasteiger partial charge < -0.3 is 19.3 Å². The first-order chi connectivity index (χ1) is 32.1. The average molecular weight is 922 g/mol. The summed E-state index contributed by atoms with van der Waals surface area (Å²) in [5.74, 6) is 0.512. The molecule has 1 fully saturated rings. The van der Waals surface area contributed by atoms with Crippen molar-refractivity contribution >= 4 is 5.97 Å². The number of hydrogen-bond donors (Lipinski definition) is 1. The number of carbonyl (C=O) groups is 1. The quantitative estimate of drug-likeness (QED) is 0.0481. The summed E-state index contributed by atoms with van der Waals surface area (Å²) in [6, 6.07) is 0.634. The van der Waals surface area contributed by atoms with Crippen molar-refractivity contribution in [3.63, 3.8) is 0 Å². The maximum absolute atomic E-state index is 12.9. The fourth-order valence-electron chi connectivity index (χ4n) is 9.71. The Labute approximate surface area is 406 Å². The first-order valence-electron chi connectivity index (χ1n) is 29.5. The van der Waals surface area contributed by atoms with Crippen molar-refractivity contribution < 1.29 is 24.1 Å². The first-order valence-corrected chi connectivity index (χ1v) is 29.5. The number of unbranched alkanes of at least 4 members (excludes halogenated alkanes) is 29. The van der Waals surface area contributed by atoms with Gasteiger partial charge in [0.2, 0.25) is 0 Å². The summed E-state index contributed by atoms with van der Waals surface area (Å²) >= 11 is 0. The second-order valence-corrected chi connectivity index (χ2v) is 20.7. The zero-order valence-electron chi connectivity index (χ0n) is 44.6. The summed E-state index contributed by atoms with van der Waals surface area (Å²) in [4.78, 5) is 18.0. The molecule has 7 heteroatoms. The minimum absolute atomic E-state index is 0.00828. The smallest absolute Gasteiger partial charge is 0.305 e. The third-order valence-electron chi connectivity index (χ3n) is 14.5. The van der Waals surface area contributed by atoms with Gasteiger partial charge in [0.1, 0.15) is 0 Å². The van der Waals surface area contributed by atoms with Crippen molar-refractivity contribution in [1.29, 1.82) is 0 Å². The van der Waals surface area contributed by atoms with Crippen LogP contribution in [0.15, 0.2) is 0 Å². The Hall–Kier alpha value is -0.730. The highest BCUT2D eigenvalue weighted by molar-refractivity contribution is 5.69. The van der Waals surface area contributed by atoms with Crippen LogP contribution in [0.3, 0.4) is 0 Å². The number of aliphatic hydroxyl groups excluding tert-OH is 1. The molecule has 0 amide bonds. The van der Waals surface area contributed by atoms with E-state index in [1.54, 1.807) is 0 Å². The van der Waals surface area contributed by atoms with E-state index < -0.39 is 0 Å². The van der Waals surface area contributed by atoms with E-state index in [-0.39, 0.29) is 18.7 Å². The lowest BCUT2D eigenvalue weighted by atomic mass is 9.91. The van der Waals surface area contributed by atoms with E-state index in [2.05, 4.69) is 37.5 Å². The third kappa shape index (κ3) is 40.8. The second kappa shape index (κ2) is 49.7. The normalized spacial score (nSPS) is 13.7. The number of aliphatic hydroxyl groups is 1. The van der Waals surface area contributed by atoms with Gasteiger partial charge in [-0.25, -0.2) is 0 Å². The van der Waals surface area contributed by atoms with Crippen LogP contribution in [-0.4, -0.2) is 98.8 Å². The van der Waals surface area contributed by atoms with Crippen molar-refractivity contribution in [2.24, 2.45) is 5.92 Å². The summed E-state index contributed by atoms with van der Waals surface area (Å²) < 4.78 is 18.9. The van der Waals surface area contributed by atoms with Gasteiger partial charge in [0.25, 0.3) is 0 Å². The van der Waals surface area contributed by atoms with E-state index in [1.807, 2.05) is 0 Å². The van der Waals surface area contributed by atoms with Crippen molar-refractivity contribution in [3.05, 3.63) is 0 Å². The maximum Gasteiger partial charge on any atom is 0.305 e. The predicted molar refractivity (Wildman–Crippen MR) is 281 cm³/mol. The number of nitrogens with zero attached hydrogens (tertiary/aromatic N) is 2. The van der Waals surface area contributed by atoms with Crippen molar-refractivity contribution in [2.45, 2.75) is 297 Å². The monoisotopic (exact) mass is 921 g/mol. The minimum atomic E-state index is -0.00828. The van der Waals surface area contributed by atoms with Gasteiger partial charge in [-0.2, -0.15) is 0 Å². The highest BCUT2D eigenvalue weighted by atomic mass is 16.5. The molecule has 1 aliphatic rings. The summed E-state index contributed by atoms with van der Waals surface area (Å²) in [5.41, 5.74) is 0. The van der Waals surface area contributed by atoms with E-state index in [4.69, 9.17) is 14.2 Å². The second-order valence-electron chi connectivity index (χ2n) is 20.7. The molecule has 65 heavy (non-hydrogen) atoms. The van der Waals surface area contributed by atoms with Crippen LogP contribution in [0.5, 0.6) is 0 Å². The molecule has 1 atom stereocenters. The van der Waals surface area contributed by atoms with Gasteiger partial charge in [0, 0.05) is 51.9 Å². The highest BCUT2D eigenvalue weighted by Crippen LogP contribution is 2.26. The Balaban J connectivity index is 2.52. The Morgan fingerprint density at radius 1 is 0.508 bits per heavy atom. The van der Waals surface area contributed by atoms with E-state index >= 15 is 0 Å². The van der Waals surface area contributed by atoms with Gasteiger partial charge in [0.05, 0.1) is 25.9 Å². The van der Waals surface area contributed by atoms with Crippen LogP contribution in [0.1, 0.15) is 285 Å². The van der Waals surface area contributed by atoms with Crippen LogP contribution < -0.4 is 0 Å². The summed E-state index contributed by atoms with van der Waals surface area (Å²) in [5, 5.41) is 10.0. The molecule has 1 aliphatic carbocycles. The van der Waals surface area contributed by atoms with Gasteiger partial charge in [-0.15, -0.1) is 0 Å². The molecule has 0 saturated heterocycles. The van der Waals surface area contributed by atoms with Crippen LogP contribution in [0.4, 0.5) is 0 Å². The molecule has 0 aromatic rings. The zero-order chi connectivity index (χ0) is 46.9. The lowest BCUT2D eigenvalue weighted by Gasteiger charge is -2.40. The number of ether oxygens (including phenoxy) is 3. The molecule has 0 aromatic carbocycles. The molecule has 1 N–H and O–H groups in total. The van der Waals surface area contributed by atoms with Crippen LogP contribution in [0.25, 0.3) is 0 Å². The van der Waals surface area contributed by atoms with E-state index in [9.17, 15) is 9.90 Å². The molecule has 0 aromatic heterocycles. The zero-order valence-corrected chi connectivity index (χ0v) is 44.6. The van der Waals surface area contributed by atoms with Gasteiger partial charge in [-0.3, -0.25) is 14.6 Å². The topological polar surface area (TPSA) is 71.5 Å². The lowest BCUT2D eigenvalue weighted by molar-refractivity contribution is -0.145. The van der Waals surface area contributed by atoms with Crippen LogP contribution in [0.2, 0.25) is 0 Å². The van der Waals surface area contributed by atoms with E-state index in [0.29, 0.717) is 38.1 Å².